The van der Waals surface area contributed by atoms with Crippen LogP contribution in [0.3, 0.4) is 0 Å². The summed E-state index contributed by atoms with van der Waals surface area (Å²) in [6.07, 6.45) is 1.16. The molecule has 3 N–H and O–H groups in total. The number of hydrogen-bond acceptors (Lipinski definition) is 3. The Hall–Kier alpha value is -0.770. The lowest BCUT2D eigenvalue weighted by Gasteiger charge is -2.21. The second-order valence-electron chi connectivity index (χ2n) is 5.33. The fourth-order valence-electron chi connectivity index (χ4n) is 2.45. The number of methoxy groups -OCH3 is 1. The van der Waals surface area contributed by atoms with Crippen molar-refractivity contribution in [1.82, 2.24) is 5.43 Å². The molecule has 1 aliphatic rings. The topological polar surface area (TPSA) is 47.3 Å². The molecule has 0 heterocycles. The smallest absolute Gasteiger partial charge is 0.123 e. The summed E-state index contributed by atoms with van der Waals surface area (Å²) in [6.45, 7) is 4.50. The van der Waals surface area contributed by atoms with Gasteiger partial charge in [-0.1, -0.05) is 25.4 Å². The standard InChI is InChI=1S/C13H19ClN2O/c1-13(2)7-10(13)12(16-15)9-6-8(14)4-5-11(9)17-3/h4-6,10,12,16H,7,15H2,1-3H3. The molecule has 0 aliphatic heterocycles. The largest absolute Gasteiger partial charge is 0.496 e. The summed E-state index contributed by atoms with van der Waals surface area (Å²) < 4.78 is 5.38. The Morgan fingerprint density at radius 2 is 2.18 bits per heavy atom. The van der Waals surface area contributed by atoms with E-state index in [0.717, 1.165) is 17.7 Å². The van der Waals surface area contributed by atoms with Crippen LogP contribution in [0, 0.1) is 11.3 Å². The summed E-state index contributed by atoms with van der Waals surface area (Å²) in [4.78, 5) is 0. The van der Waals surface area contributed by atoms with Crippen molar-refractivity contribution in [3.05, 3.63) is 28.8 Å². The molecular weight excluding hydrogens is 236 g/mol. The molecule has 2 rings (SSSR count). The maximum Gasteiger partial charge on any atom is 0.123 e. The van der Waals surface area contributed by atoms with E-state index in [1.165, 1.54) is 0 Å². The molecule has 1 aliphatic carbocycles. The van der Waals surface area contributed by atoms with Crippen molar-refractivity contribution in [3.8, 4) is 5.75 Å². The van der Waals surface area contributed by atoms with Gasteiger partial charge in [-0.15, -0.1) is 0 Å². The van der Waals surface area contributed by atoms with Crippen LogP contribution in [0.4, 0.5) is 0 Å². The number of ether oxygens (including phenoxy) is 1. The van der Waals surface area contributed by atoms with Gasteiger partial charge in [0.2, 0.25) is 0 Å². The second kappa shape index (κ2) is 4.48. The Bertz CT molecular complexity index is 420. The van der Waals surface area contributed by atoms with Crippen molar-refractivity contribution in [3.63, 3.8) is 0 Å². The summed E-state index contributed by atoms with van der Waals surface area (Å²) >= 11 is 6.05. The molecule has 4 heteroatoms. The van der Waals surface area contributed by atoms with Crippen molar-refractivity contribution in [2.45, 2.75) is 26.3 Å². The van der Waals surface area contributed by atoms with Crippen molar-refractivity contribution >= 4 is 11.6 Å². The third kappa shape index (κ3) is 2.41. The number of nitrogens with one attached hydrogen (secondary N) is 1. The van der Waals surface area contributed by atoms with E-state index in [4.69, 9.17) is 22.2 Å². The van der Waals surface area contributed by atoms with Crippen molar-refractivity contribution in [2.24, 2.45) is 17.2 Å². The Kier molecular flexibility index (Phi) is 3.34. The average molecular weight is 255 g/mol. The van der Waals surface area contributed by atoms with Gasteiger partial charge in [-0.25, -0.2) is 0 Å². The molecule has 2 unspecified atom stereocenters. The zero-order valence-corrected chi connectivity index (χ0v) is 11.2. The summed E-state index contributed by atoms with van der Waals surface area (Å²) in [6, 6.07) is 5.74. The number of nitrogens with two attached hydrogens (primary N) is 1. The van der Waals surface area contributed by atoms with Crippen molar-refractivity contribution < 1.29 is 4.74 Å². The normalized spacial score (nSPS) is 23.2. The lowest BCUT2D eigenvalue weighted by Crippen LogP contribution is -2.31. The van der Waals surface area contributed by atoms with Gasteiger partial charge in [-0.05, 0) is 36.0 Å². The highest BCUT2D eigenvalue weighted by Gasteiger charge is 2.50. The predicted molar refractivity (Wildman–Crippen MR) is 70.0 cm³/mol. The van der Waals surface area contributed by atoms with Gasteiger partial charge in [0.25, 0.3) is 0 Å². The monoisotopic (exact) mass is 254 g/mol. The molecular formula is C13H19ClN2O. The Balaban J connectivity index is 2.33. The van der Waals surface area contributed by atoms with E-state index in [9.17, 15) is 0 Å². The second-order valence-corrected chi connectivity index (χ2v) is 5.77. The maximum atomic E-state index is 6.05. The number of hydrogen-bond donors (Lipinski definition) is 2. The van der Waals surface area contributed by atoms with Crippen LogP contribution in [0.2, 0.25) is 5.02 Å². The van der Waals surface area contributed by atoms with E-state index < -0.39 is 0 Å². The van der Waals surface area contributed by atoms with Crippen molar-refractivity contribution in [1.29, 1.82) is 0 Å². The SMILES string of the molecule is COc1ccc(Cl)cc1C(NN)C1CC1(C)C. The molecule has 0 aromatic heterocycles. The molecule has 0 saturated heterocycles. The van der Waals surface area contributed by atoms with Gasteiger partial charge >= 0.3 is 0 Å². The first-order valence-electron chi connectivity index (χ1n) is 5.79. The molecule has 0 radical (unpaired) electrons. The van der Waals surface area contributed by atoms with Crippen LogP contribution in [0.15, 0.2) is 18.2 Å². The number of hydrazine groups is 1. The van der Waals surface area contributed by atoms with Crippen LogP contribution in [0.5, 0.6) is 5.75 Å². The number of rotatable bonds is 4. The fourth-order valence-corrected chi connectivity index (χ4v) is 2.63. The Labute approximate surface area is 107 Å². The predicted octanol–water partition coefficient (Wildman–Crippen LogP) is 2.90. The summed E-state index contributed by atoms with van der Waals surface area (Å²) in [5.41, 5.74) is 4.28. The molecule has 94 valence electrons. The minimum Gasteiger partial charge on any atom is -0.496 e. The van der Waals surface area contributed by atoms with Crippen molar-refractivity contribution in [2.75, 3.05) is 7.11 Å². The van der Waals surface area contributed by atoms with Gasteiger partial charge in [-0.2, -0.15) is 0 Å². The highest BCUT2D eigenvalue weighted by molar-refractivity contribution is 6.30. The van der Waals surface area contributed by atoms with Gasteiger partial charge in [0.15, 0.2) is 0 Å². The van der Waals surface area contributed by atoms with E-state index in [0.29, 0.717) is 16.4 Å². The first-order chi connectivity index (χ1) is 7.99. The van der Waals surface area contributed by atoms with Crippen LogP contribution in [0.1, 0.15) is 31.9 Å². The third-order valence-electron chi connectivity index (χ3n) is 3.70. The van der Waals surface area contributed by atoms with E-state index >= 15 is 0 Å². The molecule has 1 fully saturated rings. The summed E-state index contributed by atoms with van der Waals surface area (Å²) in [7, 11) is 1.67. The zero-order chi connectivity index (χ0) is 12.6. The Morgan fingerprint density at radius 1 is 1.53 bits per heavy atom. The average Bonchev–Trinajstić information content (AvgIpc) is 2.89. The summed E-state index contributed by atoms with van der Waals surface area (Å²) in [5, 5.41) is 0.708. The molecule has 3 nitrogen and oxygen atoms in total. The minimum absolute atomic E-state index is 0.0960. The van der Waals surface area contributed by atoms with E-state index in [-0.39, 0.29) is 6.04 Å². The molecule has 1 aromatic carbocycles. The van der Waals surface area contributed by atoms with Gasteiger partial charge in [0, 0.05) is 10.6 Å². The molecule has 2 atom stereocenters. The number of benzene rings is 1. The highest BCUT2D eigenvalue weighted by atomic mass is 35.5. The van der Waals surface area contributed by atoms with Crippen LogP contribution in [0.25, 0.3) is 0 Å². The lowest BCUT2D eigenvalue weighted by atomic mass is 9.97. The van der Waals surface area contributed by atoms with Crippen LogP contribution >= 0.6 is 11.6 Å². The molecule has 0 bridgehead atoms. The Morgan fingerprint density at radius 3 is 2.65 bits per heavy atom. The molecule has 0 spiro atoms. The first-order valence-corrected chi connectivity index (χ1v) is 6.17. The van der Waals surface area contributed by atoms with Gasteiger partial charge in [-0.3, -0.25) is 11.3 Å². The van der Waals surface area contributed by atoms with Crippen LogP contribution in [-0.2, 0) is 0 Å². The molecule has 0 amide bonds. The van der Waals surface area contributed by atoms with Crippen LogP contribution < -0.4 is 16.0 Å². The first kappa shape index (κ1) is 12.7. The molecule has 1 saturated carbocycles. The molecule has 1 aromatic rings. The molecule has 17 heavy (non-hydrogen) atoms. The summed E-state index contributed by atoms with van der Waals surface area (Å²) in [5.74, 6) is 7.05. The lowest BCUT2D eigenvalue weighted by molar-refractivity contribution is 0.377. The maximum absolute atomic E-state index is 6.05. The van der Waals surface area contributed by atoms with E-state index in [1.54, 1.807) is 7.11 Å². The van der Waals surface area contributed by atoms with Gasteiger partial charge < -0.3 is 4.74 Å². The zero-order valence-electron chi connectivity index (χ0n) is 10.5. The minimum atomic E-state index is 0.0960. The fraction of sp³-hybridized carbons (Fsp3) is 0.538. The van der Waals surface area contributed by atoms with Gasteiger partial charge in [0.05, 0.1) is 13.2 Å². The number of halogens is 1. The highest BCUT2D eigenvalue weighted by Crippen LogP contribution is 2.58. The quantitative estimate of drug-likeness (QED) is 0.642. The van der Waals surface area contributed by atoms with Crippen LogP contribution in [-0.4, -0.2) is 7.11 Å². The van der Waals surface area contributed by atoms with Gasteiger partial charge in [0.1, 0.15) is 5.75 Å². The van der Waals surface area contributed by atoms with E-state index in [2.05, 4.69) is 19.3 Å². The van der Waals surface area contributed by atoms with E-state index in [1.807, 2.05) is 18.2 Å². The third-order valence-corrected chi connectivity index (χ3v) is 3.93.